The quantitative estimate of drug-likeness (QED) is 0.806. The third-order valence-corrected chi connectivity index (χ3v) is 5.72. The first kappa shape index (κ1) is 18.3. The van der Waals surface area contributed by atoms with Crippen LogP contribution in [-0.2, 0) is 21.2 Å². The number of hydrogen-bond acceptors (Lipinski definition) is 4. The summed E-state index contributed by atoms with van der Waals surface area (Å²) in [5.41, 5.74) is 2.64. The number of nitrogens with zero attached hydrogens (tertiary/aromatic N) is 2. The molecule has 6 nitrogen and oxygen atoms in total. The van der Waals surface area contributed by atoms with Crippen LogP contribution in [0, 0.1) is 0 Å². The topological polar surface area (TPSA) is 66.9 Å². The molecular weight excluding hydrogens is 352 g/mol. The van der Waals surface area contributed by atoms with Gasteiger partial charge in [-0.2, -0.15) is 0 Å². The van der Waals surface area contributed by atoms with E-state index in [0.29, 0.717) is 18.0 Å². The lowest BCUT2D eigenvalue weighted by molar-refractivity contribution is -0.124. The van der Waals surface area contributed by atoms with Crippen molar-refractivity contribution in [3.05, 3.63) is 54.1 Å². The summed E-state index contributed by atoms with van der Waals surface area (Å²) in [6, 6.07) is 14.5. The fraction of sp³-hybridized carbons (Fsp3) is 0.316. The maximum Gasteiger partial charge on any atom is 0.267 e. The minimum Gasteiger partial charge on any atom is -0.481 e. The second-order valence-electron chi connectivity index (χ2n) is 6.35. The highest BCUT2D eigenvalue weighted by Gasteiger charge is 2.28. The van der Waals surface area contributed by atoms with Crippen molar-refractivity contribution in [1.29, 1.82) is 0 Å². The fourth-order valence-corrected chi connectivity index (χ4v) is 3.47. The van der Waals surface area contributed by atoms with Crippen molar-refractivity contribution in [2.75, 3.05) is 29.1 Å². The second-order valence-corrected chi connectivity index (χ2v) is 8.37. The van der Waals surface area contributed by atoms with Gasteiger partial charge in [-0.1, -0.05) is 18.2 Å². The van der Waals surface area contributed by atoms with Crippen LogP contribution in [0.4, 0.5) is 11.4 Å². The number of anilines is 2. The van der Waals surface area contributed by atoms with E-state index in [1.54, 1.807) is 36.1 Å². The number of carbonyl (C=O) groups excluding carboxylic acids is 1. The van der Waals surface area contributed by atoms with Gasteiger partial charge in [-0.3, -0.25) is 9.10 Å². The Hall–Kier alpha value is -2.54. The number of fused-ring (bicyclic) bond motifs is 1. The summed E-state index contributed by atoms with van der Waals surface area (Å²) < 4.78 is 30.1. The Kier molecular flexibility index (Phi) is 4.91. The van der Waals surface area contributed by atoms with Gasteiger partial charge in [-0.15, -0.1) is 0 Å². The Bertz CT molecular complexity index is 909. The molecule has 0 spiro atoms. The predicted molar refractivity (Wildman–Crippen MR) is 102 cm³/mol. The molecule has 1 aliphatic heterocycles. The van der Waals surface area contributed by atoms with Crippen LogP contribution in [-0.4, -0.2) is 40.3 Å². The van der Waals surface area contributed by atoms with Crippen LogP contribution in [0.3, 0.4) is 0 Å². The van der Waals surface area contributed by atoms with E-state index in [1.165, 1.54) is 16.9 Å². The number of hydrogen-bond donors (Lipinski definition) is 0. The van der Waals surface area contributed by atoms with Gasteiger partial charge in [0.15, 0.2) is 6.10 Å². The van der Waals surface area contributed by atoms with E-state index in [0.717, 1.165) is 18.4 Å². The fourth-order valence-electron chi connectivity index (χ4n) is 2.97. The smallest absolute Gasteiger partial charge is 0.267 e. The molecule has 1 unspecified atom stereocenters. The summed E-state index contributed by atoms with van der Waals surface area (Å²) in [6.45, 7) is 2.38. The molecule has 0 aliphatic carbocycles. The molecule has 1 amide bonds. The molecule has 7 heteroatoms. The molecule has 0 bridgehead atoms. The number of benzene rings is 2. The van der Waals surface area contributed by atoms with E-state index < -0.39 is 16.1 Å². The lowest BCUT2D eigenvalue weighted by atomic mass is 10.2. The summed E-state index contributed by atoms with van der Waals surface area (Å²) >= 11 is 0. The summed E-state index contributed by atoms with van der Waals surface area (Å²) in [6.07, 6.45) is 1.35. The Balaban J connectivity index is 1.69. The SMILES string of the molecule is CC(Oc1ccc(N(C)S(C)(=O)=O)cc1)C(=O)N1CCc2ccccc21. The van der Waals surface area contributed by atoms with E-state index in [4.69, 9.17) is 4.74 Å². The van der Waals surface area contributed by atoms with Crippen LogP contribution in [0.5, 0.6) is 5.75 Å². The monoisotopic (exact) mass is 374 g/mol. The van der Waals surface area contributed by atoms with E-state index in [1.807, 2.05) is 24.3 Å². The molecule has 2 aromatic carbocycles. The molecule has 0 saturated heterocycles. The number of sulfonamides is 1. The zero-order valence-corrected chi connectivity index (χ0v) is 15.9. The van der Waals surface area contributed by atoms with E-state index in [-0.39, 0.29) is 5.91 Å². The van der Waals surface area contributed by atoms with Gasteiger partial charge in [-0.05, 0) is 49.2 Å². The minimum absolute atomic E-state index is 0.0905. The maximum absolute atomic E-state index is 12.7. The molecule has 2 aromatic rings. The van der Waals surface area contributed by atoms with Gasteiger partial charge in [0.2, 0.25) is 10.0 Å². The maximum atomic E-state index is 12.7. The molecule has 0 radical (unpaired) electrons. The Morgan fingerprint density at radius 2 is 1.81 bits per heavy atom. The summed E-state index contributed by atoms with van der Waals surface area (Å²) in [4.78, 5) is 14.5. The predicted octanol–water partition coefficient (Wildman–Crippen LogP) is 2.44. The van der Waals surface area contributed by atoms with E-state index >= 15 is 0 Å². The summed E-state index contributed by atoms with van der Waals surface area (Å²) in [5.74, 6) is 0.427. The number of amides is 1. The summed E-state index contributed by atoms with van der Waals surface area (Å²) in [7, 11) is -1.82. The van der Waals surface area contributed by atoms with Gasteiger partial charge < -0.3 is 9.64 Å². The van der Waals surface area contributed by atoms with Crippen molar-refractivity contribution in [3.63, 3.8) is 0 Å². The molecule has 3 rings (SSSR count). The third kappa shape index (κ3) is 3.67. The van der Waals surface area contributed by atoms with E-state index in [9.17, 15) is 13.2 Å². The van der Waals surface area contributed by atoms with Gasteiger partial charge in [0.05, 0.1) is 11.9 Å². The number of para-hydroxylation sites is 1. The van der Waals surface area contributed by atoms with Crippen molar-refractivity contribution in [2.45, 2.75) is 19.4 Å². The van der Waals surface area contributed by atoms with Crippen LogP contribution >= 0.6 is 0 Å². The normalized spacial score (nSPS) is 14.7. The first-order chi connectivity index (χ1) is 12.3. The zero-order valence-electron chi connectivity index (χ0n) is 15.0. The molecule has 1 aliphatic rings. The molecule has 0 N–H and O–H groups in total. The molecule has 0 saturated carbocycles. The van der Waals surface area contributed by atoms with Crippen molar-refractivity contribution in [3.8, 4) is 5.75 Å². The average Bonchev–Trinajstić information content (AvgIpc) is 3.04. The molecule has 0 fully saturated rings. The Morgan fingerprint density at radius 1 is 1.15 bits per heavy atom. The van der Waals surface area contributed by atoms with Crippen LogP contribution in [0.25, 0.3) is 0 Å². The molecule has 1 heterocycles. The van der Waals surface area contributed by atoms with Crippen molar-refractivity contribution >= 4 is 27.3 Å². The lowest BCUT2D eigenvalue weighted by Crippen LogP contribution is -2.39. The van der Waals surface area contributed by atoms with Crippen molar-refractivity contribution in [2.24, 2.45) is 0 Å². The average molecular weight is 374 g/mol. The molecule has 138 valence electrons. The van der Waals surface area contributed by atoms with Crippen molar-refractivity contribution in [1.82, 2.24) is 0 Å². The lowest BCUT2D eigenvalue weighted by Gasteiger charge is -2.23. The largest absolute Gasteiger partial charge is 0.481 e. The Labute approximate surface area is 154 Å². The molecular formula is C19H22N2O4S. The second kappa shape index (κ2) is 6.99. The number of ether oxygens (including phenoxy) is 1. The number of carbonyl (C=O) groups is 1. The minimum atomic E-state index is -3.31. The van der Waals surface area contributed by atoms with Crippen molar-refractivity contribution < 1.29 is 17.9 Å². The van der Waals surface area contributed by atoms with Gasteiger partial charge in [0.25, 0.3) is 5.91 Å². The van der Waals surface area contributed by atoms with Crippen LogP contribution in [0.1, 0.15) is 12.5 Å². The highest BCUT2D eigenvalue weighted by atomic mass is 32.2. The molecule has 1 atom stereocenters. The summed E-state index contributed by atoms with van der Waals surface area (Å²) in [5, 5.41) is 0. The zero-order chi connectivity index (χ0) is 18.9. The third-order valence-electron chi connectivity index (χ3n) is 4.51. The molecule has 0 aromatic heterocycles. The highest BCUT2D eigenvalue weighted by molar-refractivity contribution is 7.92. The van der Waals surface area contributed by atoms with Gasteiger partial charge in [-0.25, -0.2) is 8.42 Å². The van der Waals surface area contributed by atoms with Crippen LogP contribution in [0.2, 0.25) is 0 Å². The van der Waals surface area contributed by atoms with Gasteiger partial charge in [0.1, 0.15) is 5.75 Å². The Morgan fingerprint density at radius 3 is 2.46 bits per heavy atom. The van der Waals surface area contributed by atoms with Crippen LogP contribution < -0.4 is 13.9 Å². The molecule has 26 heavy (non-hydrogen) atoms. The first-order valence-corrected chi connectivity index (χ1v) is 10.2. The van der Waals surface area contributed by atoms with E-state index in [2.05, 4.69) is 0 Å². The van der Waals surface area contributed by atoms with Gasteiger partial charge in [0, 0.05) is 19.3 Å². The number of rotatable bonds is 5. The first-order valence-electron chi connectivity index (χ1n) is 8.37. The van der Waals surface area contributed by atoms with Gasteiger partial charge >= 0.3 is 0 Å². The van der Waals surface area contributed by atoms with Crippen LogP contribution in [0.15, 0.2) is 48.5 Å². The standard InChI is InChI=1S/C19H22N2O4S/c1-14(19(22)21-13-12-15-6-4-5-7-18(15)21)25-17-10-8-16(9-11-17)20(2)26(3,23)24/h4-11,14H,12-13H2,1-3H3. The highest BCUT2D eigenvalue weighted by Crippen LogP contribution is 2.28.